The van der Waals surface area contributed by atoms with E-state index in [4.69, 9.17) is 13.7 Å². The Morgan fingerprint density at radius 3 is 2.32 bits per heavy atom. The Balaban J connectivity index is 1.98. The van der Waals surface area contributed by atoms with Gasteiger partial charge in [-0.05, 0) is 50.5 Å². The SMILES string of the molecule is CC(C)CCOc1c[nH]c(COS(=O)(=O)c2ccc(OC(C)C)cc2)cc1=O. The Morgan fingerprint density at radius 1 is 1.07 bits per heavy atom. The zero-order valence-corrected chi connectivity index (χ0v) is 17.4. The van der Waals surface area contributed by atoms with Gasteiger partial charge in [0.25, 0.3) is 10.1 Å². The van der Waals surface area contributed by atoms with Crippen LogP contribution >= 0.6 is 0 Å². The van der Waals surface area contributed by atoms with Crippen LogP contribution in [0.1, 0.15) is 39.8 Å². The lowest BCUT2D eigenvalue weighted by Gasteiger charge is -2.11. The van der Waals surface area contributed by atoms with Crippen LogP contribution in [0.5, 0.6) is 11.5 Å². The summed E-state index contributed by atoms with van der Waals surface area (Å²) in [6.45, 7) is 8.07. The second-order valence-corrected chi connectivity index (χ2v) is 8.69. The van der Waals surface area contributed by atoms with E-state index in [0.717, 1.165) is 6.42 Å². The molecule has 0 aliphatic heterocycles. The van der Waals surface area contributed by atoms with E-state index in [2.05, 4.69) is 18.8 Å². The number of pyridine rings is 1. The first kappa shape index (κ1) is 22.0. The molecule has 0 aliphatic carbocycles. The van der Waals surface area contributed by atoms with Gasteiger partial charge in [-0.2, -0.15) is 8.42 Å². The first-order chi connectivity index (χ1) is 13.2. The average molecular weight is 410 g/mol. The number of nitrogens with one attached hydrogen (secondary N) is 1. The lowest BCUT2D eigenvalue weighted by atomic mass is 10.1. The number of aromatic nitrogens is 1. The first-order valence-electron chi connectivity index (χ1n) is 9.18. The lowest BCUT2D eigenvalue weighted by Crippen LogP contribution is -2.13. The van der Waals surface area contributed by atoms with Crippen molar-refractivity contribution < 1.29 is 22.1 Å². The number of H-pyrrole nitrogens is 1. The van der Waals surface area contributed by atoms with Crippen molar-refractivity contribution in [3.8, 4) is 11.5 Å². The maximum atomic E-state index is 12.3. The molecule has 0 aliphatic rings. The molecule has 0 bridgehead atoms. The van der Waals surface area contributed by atoms with Crippen LogP contribution in [0, 0.1) is 5.92 Å². The number of benzene rings is 1. The van der Waals surface area contributed by atoms with Gasteiger partial charge in [0.15, 0.2) is 5.75 Å². The molecule has 154 valence electrons. The maximum Gasteiger partial charge on any atom is 0.297 e. The van der Waals surface area contributed by atoms with E-state index in [1.807, 2.05) is 13.8 Å². The Morgan fingerprint density at radius 2 is 1.75 bits per heavy atom. The van der Waals surface area contributed by atoms with Gasteiger partial charge in [-0.3, -0.25) is 8.98 Å². The molecule has 8 heteroatoms. The molecule has 0 saturated carbocycles. The number of aromatic amines is 1. The predicted molar refractivity (Wildman–Crippen MR) is 106 cm³/mol. The molecule has 0 saturated heterocycles. The largest absolute Gasteiger partial charge is 0.491 e. The van der Waals surface area contributed by atoms with Crippen molar-refractivity contribution in [2.24, 2.45) is 5.92 Å². The summed E-state index contributed by atoms with van der Waals surface area (Å²) in [6.07, 6.45) is 2.25. The second-order valence-electron chi connectivity index (χ2n) is 7.07. The number of ether oxygens (including phenoxy) is 2. The fourth-order valence-electron chi connectivity index (χ4n) is 2.27. The number of hydrogen-bond acceptors (Lipinski definition) is 6. The van der Waals surface area contributed by atoms with Crippen molar-refractivity contribution in [3.63, 3.8) is 0 Å². The lowest BCUT2D eigenvalue weighted by molar-refractivity contribution is 0.242. The van der Waals surface area contributed by atoms with Crippen LogP contribution in [-0.4, -0.2) is 26.1 Å². The van der Waals surface area contributed by atoms with Gasteiger partial charge in [0.05, 0.1) is 17.6 Å². The molecular weight excluding hydrogens is 382 g/mol. The van der Waals surface area contributed by atoms with Gasteiger partial charge >= 0.3 is 0 Å². The van der Waals surface area contributed by atoms with Crippen molar-refractivity contribution >= 4 is 10.1 Å². The minimum Gasteiger partial charge on any atom is -0.491 e. The summed E-state index contributed by atoms with van der Waals surface area (Å²) in [5.74, 6) is 1.25. The summed E-state index contributed by atoms with van der Waals surface area (Å²) in [6, 6.07) is 7.26. The summed E-state index contributed by atoms with van der Waals surface area (Å²) < 4.78 is 40.6. The van der Waals surface area contributed by atoms with Gasteiger partial charge in [-0.15, -0.1) is 0 Å². The van der Waals surface area contributed by atoms with E-state index in [1.165, 1.54) is 24.4 Å². The molecule has 2 rings (SSSR count). The Labute approximate surface area is 165 Å². The van der Waals surface area contributed by atoms with E-state index in [-0.39, 0.29) is 28.8 Å². The van der Waals surface area contributed by atoms with Gasteiger partial charge in [0.1, 0.15) is 12.4 Å². The topological polar surface area (TPSA) is 94.7 Å². The standard InChI is InChI=1S/C20H27NO6S/c1-14(2)9-10-25-20-12-21-16(11-19(20)22)13-26-28(23,24)18-7-5-17(6-8-18)27-15(3)4/h5-8,11-12,14-15H,9-10,13H2,1-4H3,(H,21,22). The highest BCUT2D eigenvalue weighted by Crippen LogP contribution is 2.19. The summed E-state index contributed by atoms with van der Waals surface area (Å²) in [4.78, 5) is 14.9. The van der Waals surface area contributed by atoms with Gasteiger partial charge in [0, 0.05) is 18.0 Å². The van der Waals surface area contributed by atoms with Gasteiger partial charge in [0.2, 0.25) is 5.43 Å². The van der Waals surface area contributed by atoms with Crippen LogP contribution in [-0.2, 0) is 20.9 Å². The Bertz CT molecular complexity index is 916. The predicted octanol–water partition coefficient (Wildman–Crippen LogP) is 3.49. The smallest absolute Gasteiger partial charge is 0.297 e. The third-order valence-electron chi connectivity index (χ3n) is 3.74. The second kappa shape index (κ2) is 9.75. The normalized spacial score (nSPS) is 11.8. The Kier molecular flexibility index (Phi) is 7.65. The molecule has 7 nitrogen and oxygen atoms in total. The molecule has 0 radical (unpaired) electrons. The highest BCUT2D eigenvalue weighted by molar-refractivity contribution is 7.86. The van der Waals surface area contributed by atoms with Crippen LogP contribution in [0.3, 0.4) is 0 Å². The number of hydrogen-bond donors (Lipinski definition) is 1. The molecular formula is C20H27NO6S. The van der Waals surface area contributed by atoms with Crippen LogP contribution in [0.25, 0.3) is 0 Å². The average Bonchev–Trinajstić information content (AvgIpc) is 2.61. The molecule has 28 heavy (non-hydrogen) atoms. The molecule has 1 aromatic carbocycles. The maximum absolute atomic E-state index is 12.3. The molecule has 0 unspecified atom stereocenters. The summed E-state index contributed by atoms with van der Waals surface area (Å²) in [5.41, 5.74) is 0.0123. The van der Waals surface area contributed by atoms with Crippen molar-refractivity contribution in [1.29, 1.82) is 0 Å². The van der Waals surface area contributed by atoms with Gasteiger partial charge in [-0.25, -0.2) is 0 Å². The molecule has 0 amide bonds. The van der Waals surface area contributed by atoms with Crippen LogP contribution in [0.2, 0.25) is 0 Å². The van der Waals surface area contributed by atoms with Crippen LogP contribution in [0.15, 0.2) is 46.2 Å². The van der Waals surface area contributed by atoms with Crippen molar-refractivity contribution in [2.75, 3.05) is 6.61 Å². The summed E-state index contributed by atoms with van der Waals surface area (Å²) in [5, 5.41) is 0. The third-order valence-corrected chi connectivity index (χ3v) is 5.02. The molecule has 1 heterocycles. The van der Waals surface area contributed by atoms with E-state index in [0.29, 0.717) is 24.0 Å². The highest BCUT2D eigenvalue weighted by Gasteiger charge is 2.16. The van der Waals surface area contributed by atoms with Crippen molar-refractivity contribution in [2.45, 2.75) is 51.7 Å². The Hall–Kier alpha value is -2.32. The highest BCUT2D eigenvalue weighted by atomic mass is 32.2. The first-order valence-corrected chi connectivity index (χ1v) is 10.6. The summed E-state index contributed by atoms with van der Waals surface area (Å²) >= 11 is 0. The number of rotatable bonds is 10. The molecule has 0 atom stereocenters. The van der Waals surface area contributed by atoms with E-state index in [1.54, 1.807) is 12.1 Å². The zero-order chi connectivity index (χ0) is 20.7. The summed E-state index contributed by atoms with van der Waals surface area (Å²) in [7, 11) is -3.96. The van der Waals surface area contributed by atoms with Crippen LogP contribution < -0.4 is 14.9 Å². The van der Waals surface area contributed by atoms with E-state index >= 15 is 0 Å². The van der Waals surface area contributed by atoms with Gasteiger partial charge in [-0.1, -0.05) is 13.8 Å². The monoisotopic (exact) mass is 409 g/mol. The van der Waals surface area contributed by atoms with E-state index in [9.17, 15) is 13.2 Å². The third kappa shape index (κ3) is 6.69. The van der Waals surface area contributed by atoms with Crippen LogP contribution in [0.4, 0.5) is 0 Å². The minimum absolute atomic E-state index is 0.00662. The fourth-order valence-corrected chi connectivity index (χ4v) is 3.15. The molecule has 1 aromatic heterocycles. The quantitative estimate of drug-likeness (QED) is 0.604. The van der Waals surface area contributed by atoms with Crippen molar-refractivity contribution in [3.05, 3.63) is 52.4 Å². The molecule has 0 spiro atoms. The molecule has 1 N–H and O–H groups in total. The van der Waals surface area contributed by atoms with E-state index < -0.39 is 10.1 Å². The fraction of sp³-hybridized carbons (Fsp3) is 0.450. The molecule has 2 aromatic rings. The van der Waals surface area contributed by atoms with Crippen molar-refractivity contribution in [1.82, 2.24) is 4.98 Å². The van der Waals surface area contributed by atoms with Gasteiger partial charge < -0.3 is 14.5 Å². The molecule has 0 fully saturated rings. The minimum atomic E-state index is -3.96. The zero-order valence-electron chi connectivity index (χ0n) is 16.6.